The van der Waals surface area contributed by atoms with Crippen molar-refractivity contribution in [2.45, 2.75) is 19.9 Å². The summed E-state index contributed by atoms with van der Waals surface area (Å²) in [7, 11) is 1.80. The lowest BCUT2D eigenvalue weighted by atomic mass is 10.0. The monoisotopic (exact) mass is 240 g/mol. The van der Waals surface area contributed by atoms with Gasteiger partial charge in [-0.25, -0.2) is 4.98 Å². The summed E-state index contributed by atoms with van der Waals surface area (Å²) in [5, 5.41) is 2.76. The molecule has 0 fully saturated rings. The van der Waals surface area contributed by atoms with E-state index in [-0.39, 0.29) is 17.9 Å². The average molecular weight is 240 g/mol. The van der Waals surface area contributed by atoms with Crippen LogP contribution in [0.5, 0.6) is 0 Å². The number of nitrogens with one attached hydrogen (secondary N) is 1. The van der Waals surface area contributed by atoms with Crippen molar-refractivity contribution in [2.75, 3.05) is 0 Å². The maximum absolute atomic E-state index is 11.8. The van der Waals surface area contributed by atoms with E-state index in [2.05, 4.69) is 10.3 Å². The fourth-order valence-corrected chi connectivity index (χ4v) is 1.64. The Morgan fingerprint density at radius 3 is 2.62 bits per heavy atom. The lowest BCUT2D eigenvalue weighted by Gasteiger charge is -2.20. The zero-order valence-electron chi connectivity index (χ0n) is 9.60. The fraction of sp³-hybridized carbons (Fsp3) is 0.500. The van der Waals surface area contributed by atoms with Crippen molar-refractivity contribution in [3.63, 3.8) is 0 Å². The van der Waals surface area contributed by atoms with Gasteiger partial charge in [0.15, 0.2) is 0 Å². The Kier molecular flexibility index (Phi) is 4.00. The van der Waals surface area contributed by atoms with Gasteiger partial charge in [-0.3, -0.25) is 4.79 Å². The van der Waals surface area contributed by atoms with Crippen LogP contribution in [0.15, 0.2) is 12.5 Å². The number of amides is 1. The van der Waals surface area contributed by atoms with Gasteiger partial charge in [0.25, 0.3) is 5.91 Å². The first-order valence-electron chi connectivity index (χ1n) is 5.00. The van der Waals surface area contributed by atoms with Crippen molar-refractivity contribution in [1.29, 1.82) is 0 Å². The molecular weight excluding hydrogens is 224 g/mol. The van der Waals surface area contributed by atoms with E-state index in [0.29, 0.717) is 10.7 Å². The van der Waals surface area contributed by atoms with Crippen LogP contribution in [0.3, 0.4) is 0 Å². The van der Waals surface area contributed by atoms with Crippen molar-refractivity contribution in [3.8, 4) is 0 Å². The minimum absolute atomic E-state index is 0.158. The van der Waals surface area contributed by atoms with Gasteiger partial charge in [-0.05, 0) is 5.92 Å². The normalized spacial score (nSPS) is 12.5. The molecule has 1 aromatic heterocycles. The van der Waals surface area contributed by atoms with E-state index in [4.69, 9.17) is 18.0 Å². The number of carbonyl (C=O) groups is 1. The predicted molar refractivity (Wildman–Crippen MR) is 66.1 cm³/mol. The zero-order chi connectivity index (χ0) is 12.3. The van der Waals surface area contributed by atoms with Crippen molar-refractivity contribution in [3.05, 3.63) is 18.2 Å². The van der Waals surface area contributed by atoms with Crippen LogP contribution in [0, 0.1) is 5.92 Å². The zero-order valence-corrected chi connectivity index (χ0v) is 10.4. The maximum atomic E-state index is 11.8. The Morgan fingerprint density at radius 2 is 2.25 bits per heavy atom. The maximum Gasteiger partial charge on any atom is 0.272 e. The molecule has 5 nitrogen and oxygen atoms in total. The fourth-order valence-electron chi connectivity index (χ4n) is 1.31. The van der Waals surface area contributed by atoms with Gasteiger partial charge in [-0.1, -0.05) is 26.1 Å². The minimum Gasteiger partial charge on any atom is -0.392 e. The van der Waals surface area contributed by atoms with Gasteiger partial charge in [0, 0.05) is 13.2 Å². The summed E-state index contributed by atoms with van der Waals surface area (Å²) < 4.78 is 1.71. The number of rotatable bonds is 4. The average Bonchev–Trinajstić information content (AvgIpc) is 2.59. The molecule has 88 valence electrons. The van der Waals surface area contributed by atoms with Crippen molar-refractivity contribution >= 4 is 23.1 Å². The van der Waals surface area contributed by atoms with Gasteiger partial charge in [-0.15, -0.1) is 0 Å². The number of nitrogens with zero attached hydrogens (tertiary/aromatic N) is 2. The van der Waals surface area contributed by atoms with E-state index >= 15 is 0 Å². The lowest BCUT2D eigenvalue weighted by molar-refractivity contribution is 0.0935. The molecule has 0 saturated heterocycles. The number of carbonyl (C=O) groups excluding carboxylic acids is 1. The molecule has 0 bridgehead atoms. The summed E-state index contributed by atoms with van der Waals surface area (Å²) in [6, 6.07) is -0.301. The number of aryl methyl sites for hydroxylation is 1. The third-order valence-electron chi connectivity index (χ3n) is 2.20. The molecule has 0 radical (unpaired) electrons. The SMILES string of the molecule is CC(C)C(NC(=O)c1cn(C)cn1)C(N)=S. The number of nitrogens with two attached hydrogens (primary N) is 1. The Balaban J connectivity index is 2.73. The summed E-state index contributed by atoms with van der Waals surface area (Å²) in [5.74, 6) is -0.0998. The van der Waals surface area contributed by atoms with Gasteiger partial charge in [0.2, 0.25) is 0 Å². The van der Waals surface area contributed by atoms with Gasteiger partial charge in [-0.2, -0.15) is 0 Å². The Hall–Kier alpha value is -1.43. The van der Waals surface area contributed by atoms with Gasteiger partial charge < -0.3 is 15.6 Å². The summed E-state index contributed by atoms with van der Waals surface area (Å²) in [5.41, 5.74) is 5.93. The molecule has 0 aliphatic carbocycles. The van der Waals surface area contributed by atoms with Crippen LogP contribution >= 0.6 is 12.2 Å². The van der Waals surface area contributed by atoms with Crippen molar-refractivity contribution in [1.82, 2.24) is 14.9 Å². The second-order valence-electron chi connectivity index (χ2n) is 4.02. The van der Waals surface area contributed by atoms with Crippen LogP contribution in [-0.4, -0.2) is 26.5 Å². The molecule has 1 unspecified atom stereocenters. The van der Waals surface area contributed by atoms with Crippen molar-refractivity contribution in [2.24, 2.45) is 18.7 Å². The number of hydrogen-bond acceptors (Lipinski definition) is 3. The lowest BCUT2D eigenvalue weighted by Crippen LogP contribution is -2.46. The van der Waals surface area contributed by atoms with E-state index in [1.165, 1.54) is 0 Å². The predicted octanol–water partition coefficient (Wildman–Crippen LogP) is 0.461. The first-order valence-corrected chi connectivity index (χ1v) is 5.40. The molecule has 3 N–H and O–H groups in total. The van der Waals surface area contributed by atoms with Crippen LogP contribution < -0.4 is 11.1 Å². The molecule has 0 aliphatic rings. The van der Waals surface area contributed by atoms with E-state index < -0.39 is 0 Å². The van der Waals surface area contributed by atoms with Crippen LogP contribution in [0.4, 0.5) is 0 Å². The van der Waals surface area contributed by atoms with Crippen LogP contribution in [0.1, 0.15) is 24.3 Å². The highest BCUT2D eigenvalue weighted by molar-refractivity contribution is 7.80. The Bertz CT molecular complexity index is 399. The second-order valence-corrected chi connectivity index (χ2v) is 4.49. The van der Waals surface area contributed by atoms with E-state index in [0.717, 1.165) is 0 Å². The molecular formula is C10H16N4OS. The quantitative estimate of drug-likeness (QED) is 0.750. The van der Waals surface area contributed by atoms with Gasteiger partial charge in [0.05, 0.1) is 17.4 Å². The van der Waals surface area contributed by atoms with Crippen molar-refractivity contribution < 1.29 is 4.79 Å². The van der Waals surface area contributed by atoms with Crippen LogP contribution in [0.25, 0.3) is 0 Å². The highest BCUT2D eigenvalue weighted by Crippen LogP contribution is 2.03. The van der Waals surface area contributed by atoms with Gasteiger partial charge in [0.1, 0.15) is 5.69 Å². The third-order valence-corrected chi connectivity index (χ3v) is 2.45. The van der Waals surface area contributed by atoms with Gasteiger partial charge >= 0.3 is 0 Å². The van der Waals surface area contributed by atoms with E-state index in [1.54, 1.807) is 24.1 Å². The molecule has 1 rings (SSSR count). The number of aromatic nitrogens is 2. The molecule has 1 heterocycles. The smallest absolute Gasteiger partial charge is 0.272 e. The summed E-state index contributed by atoms with van der Waals surface area (Å²) in [4.78, 5) is 16.0. The van der Waals surface area contributed by atoms with Crippen LogP contribution in [0.2, 0.25) is 0 Å². The summed E-state index contributed by atoms with van der Waals surface area (Å²) in [6.07, 6.45) is 3.21. The molecule has 1 aromatic rings. The molecule has 6 heteroatoms. The molecule has 16 heavy (non-hydrogen) atoms. The second kappa shape index (κ2) is 5.07. The van der Waals surface area contributed by atoms with E-state index in [9.17, 15) is 4.79 Å². The first kappa shape index (κ1) is 12.6. The summed E-state index contributed by atoms with van der Waals surface area (Å²) >= 11 is 4.90. The molecule has 1 atom stereocenters. The highest BCUT2D eigenvalue weighted by Gasteiger charge is 2.20. The van der Waals surface area contributed by atoms with E-state index in [1.807, 2.05) is 13.8 Å². The number of hydrogen-bond donors (Lipinski definition) is 2. The molecule has 0 aromatic carbocycles. The largest absolute Gasteiger partial charge is 0.392 e. The summed E-state index contributed by atoms with van der Waals surface area (Å²) in [6.45, 7) is 3.89. The molecule has 1 amide bonds. The highest BCUT2D eigenvalue weighted by atomic mass is 32.1. The number of imidazole rings is 1. The third kappa shape index (κ3) is 3.03. The number of thiocarbonyl (C=S) groups is 1. The standard InChI is InChI=1S/C10H16N4OS/c1-6(2)8(9(11)16)13-10(15)7-4-14(3)5-12-7/h4-6,8H,1-3H3,(H2,11,16)(H,13,15). The Labute approximate surface area is 100 Å². The molecule has 0 aliphatic heterocycles. The molecule has 0 saturated carbocycles. The Morgan fingerprint density at radius 1 is 1.62 bits per heavy atom. The van der Waals surface area contributed by atoms with Crippen LogP contribution in [-0.2, 0) is 7.05 Å². The first-order chi connectivity index (χ1) is 7.41. The minimum atomic E-state index is -0.301. The topological polar surface area (TPSA) is 72.9 Å². The molecule has 0 spiro atoms.